The van der Waals surface area contributed by atoms with Crippen molar-refractivity contribution in [3.8, 4) is 45.3 Å². The van der Waals surface area contributed by atoms with Crippen LogP contribution < -0.4 is 5.63 Å². The molecule has 0 aliphatic rings. The molecule has 184 valence electrons. The highest BCUT2D eigenvalue weighted by molar-refractivity contribution is 6.08. The molecule has 5 nitrogen and oxygen atoms in total. The van der Waals surface area contributed by atoms with Crippen LogP contribution in [0, 0.1) is 0 Å². The van der Waals surface area contributed by atoms with Crippen molar-refractivity contribution in [1.29, 1.82) is 0 Å². The third-order valence-electron chi connectivity index (χ3n) is 6.78. The standard InChI is InChI=1S/C34H21N3O2/c38-34-29-18-8-7-17-27(29)28-20-10-19-26(30(28)39-34)24-15-9-16-25(21-24)33-36-31(22-11-3-1-4-12-22)35-32(37-33)23-13-5-2-6-14-23/h1-21H. The molecule has 2 aromatic heterocycles. The largest absolute Gasteiger partial charge is 0.422 e. The van der Waals surface area contributed by atoms with Crippen LogP contribution in [0.3, 0.4) is 0 Å². The van der Waals surface area contributed by atoms with Gasteiger partial charge in [0.2, 0.25) is 0 Å². The summed E-state index contributed by atoms with van der Waals surface area (Å²) in [6.07, 6.45) is 0. The van der Waals surface area contributed by atoms with Crippen molar-refractivity contribution in [2.75, 3.05) is 0 Å². The van der Waals surface area contributed by atoms with Crippen molar-refractivity contribution in [2.24, 2.45) is 0 Å². The van der Waals surface area contributed by atoms with E-state index in [1.54, 1.807) is 6.07 Å². The average Bonchev–Trinajstić information content (AvgIpc) is 3.02. The van der Waals surface area contributed by atoms with Crippen LogP contribution in [0.4, 0.5) is 0 Å². The summed E-state index contributed by atoms with van der Waals surface area (Å²) in [6.45, 7) is 0. The van der Waals surface area contributed by atoms with E-state index in [0.29, 0.717) is 28.4 Å². The van der Waals surface area contributed by atoms with Gasteiger partial charge in [0, 0.05) is 27.6 Å². The van der Waals surface area contributed by atoms with Gasteiger partial charge in [-0.05, 0) is 23.1 Å². The van der Waals surface area contributed by atoms with Crippen molar-refractivity contribution in [3.05, 3.63) is 138 Å². The van der Waals surface area contributed by atoms with Gasteiger partial charge in [0.15, 0.2) is 17.5 Å². The second kappa shape index (κ2) is 9.47. The molecule has 0 amide bonds. The zero-order valence-corrected chi connectivity index (χ0v) is 20.8. The molecule has 0 spiro atoms. The molecule has 0 bridgehead atoms. The lowest BCUT2D eigenvalue weighted by Crippen LogP contribution is -2.01. The Bertz CT molecular complexity index is 1980. The number of hydrogen-bond acceptors (Lipinski definition) is 5. The zero-order chi connectivity index (χ0) is 26.2. The van der Waals surface area contributed by atoms with Crippen LogP contribution in [0.15, 0.2) is 137 Å². The molecule has 0 radical (unpaired) electrons. The summed E-state index contributed by atoms with van der Waals surface area (Å²) >= 11 is 0. The SMILES string of the molecule is O=c1oc2c(-c3cccc(-c4nc(-c5ccccc5)nc(-c5ccccc5)n4)c3)cccc2c2ccccc12. The molecule has 0 saturated carbocycles. The molecule has 0 atom stereocenters. The summed E-state index contributed by atoms with van der Waals surface area (Å²) < 4.78 is 5.86. The quantitative estimate of drug-likeness (QED) is 0.181. The van der Waals surface area contributed by atoms with Crippen LogP contribution in [0.2, 0.25) is 0 Å². The number of rotatable bonds is 4. The molecule has 5 aromatic carbocycles. The van der Waals surface area contributed by atoms with Crippen molar-refractivity contribution in [2.45, 2.75) is 0 Å². The van der Waals surface area contributed by atoms with Gasteiger partial charge in [-0.15, -0.1) is 0 Å². The first-order valence-electron chi connectivity index (χ1n) is 12.7. The number of benzene rings is 5. The molecule has 0 fully saturated rings. The van der Waals surface area contributed by atoms with Gasteiger partial charge < -0.3 is 4.42 Å². The number of aromatic nitrogens is 3. The van der Waals surface area contributed by atoms with E-state index in [2.05, 4.69) is 0 Å². The van der Waals surface area contributed by atoms with E-state index in [0.717, 1.165) is 38.6 Å². The van der Waals surface area contributed by atoms with Crippen LogP contribution in [-0.4, -0.2) is 15.0 Å². The fourth-order valence-corrected chi connectivity index (χ4v) is 4.89. The van der Waals surface area contributed by atoms with Gasteiger partial charge in [-0.1, -0.05) is 115 Å². The maximum atomic E-state index is 12.8. The zero-order valence-electron chi connectivity index (χ0n) is 20.8. The van der Waals surface area contributed by atoms with Gasteiger partial charge in [-0.2, -0.15) is 0 Å². The predicted molar refractivity (Wildman–Crippen MR) is 155 cm³/mol. The summed E-state index contributed by atoms with van der Waals surface area (Å²) in [5.41, 5.74) is 4.61. The lowest BCUT2D eigenvalue weighted by atomic mass is 9.98. The lowest BCUT2D eigenvalue weighted by molar-refractivity contribution is 0.570. The predicted octanol–water partition coefficient (Wildman–Crippen LogP) is 7.80. The Morgan fingerprint density at radius 3 is 1.59 bits per heavy atom. The van der Waals surface area contributed by atoms with Crippen LogP contribution >= 0.6 is 0 Å². The molecule has 0 N–H and O–H groups in total. The number of fused-ring (bicyclic) bond motifs is 3. The third-order valence-corrected chi connectivity index (χ3v) is 6.78. The van der Waals surface area contributed by atoms with Crippen LogP contribution in [0.5, 0.6) is 0 Å². The minimum absolute atomic E-state index is 0.348. The van der Waals surface area contributed by atoms with Crippen molar-refractivity contribution in [1.82, 2.24) is 15.0 Å². The van der Waals surface area contributed by atoms with Crippen LogP contribution in [0.25, 0.3) is 67.0 Å². The summed E-state index contributed by atoms with van der Waals surface area (Å²) in [4.78, 5) is 27.3. The molecule has 0 saturated heterocycles. The fourth-order valence-electron chi connectivity index (χ4n) is 4.89. The molecule has 7 aromatic rings. The third kappa shape index (κ3) is 4.16. The second-order valence-electron chi connectivity index (χ2n) is 9.24. The number of nitrogens with zero attached hydrogens (tertiary/aromatic N) is 3. The van der Waals surface area contributed by atoms with Gasteiger partial charge in [0.05, 0.1) is 5.39 Å². The highest BCUT2D eigenvalue weighted by Gasteiger charge is 2.15. The molecular formula is C34H21N3O2. The number of hydrogen-bond donors (Lipinski definition) is 0. The van der Waals surface area contributed by atoms with Gasteiger partial charge in [0.1, 0.15) is 5.58 Å². The Kier molecular flexibility index (Phi) is 5.52. The van der Waals surface area contributed by atoms with Gasteiger partial charge in [-0.3, -0.25) is 0 Å². The minimum Gasteiger partial charge on any atom is -0.422 e. The molecular weight excluding hydrogens is 482 g/mol. The Hall–Kier alpha value is -5.42. The van der Waals surface area contributed by atoms with E-state index in [-0.39, 0.29) is 5.63 Å². The summed E-state index contributed by atoms with van der Waals surface area (Å²) in [5.74, 6) is 1.77. The van der Waals surface area contributed by atoms with Gasteiger partial charge in [0.25, 0.3) is 0 Å². The first-order valence-corrected chi connectivity index (χ1v) is 12.7. The highest BCUT2D eigenvalue weighted by Crippen LogP contribution is 2.34. The second-order valence-corrected chi connectivity index (χ2v) is 9.24. The van der Waals surface area contributed by atoms with E-state index in [1.807, 2.05) is 121 Å². The van der Waals surface area contributed by atoms with Gasteiger partial charge >= 0.3 is 5.63 Å². The topological polar surface area (TPSA) is 68.9 Å². The Labute approximate surface area is 224 Å². The monoisotopic (exact) mass is 503 g/mol. The first-order chi connectivity index (χ1) is 19.2. The highest BCUT2D eigenvalue weighted by atomic mass is 16.4. The van der Waals surface area contributed by atoms with Crippen molar-refractivity contribution >= 4 is 21.7 Å². The maximum absolute atomic E-state index is 12.8. The summed E-state index contributed by atoms with van der Waals surface area (Å²) in [7, 11) is 0. The van der Waals surface area contributed by atoms with E-state index in [1.165, 1.54) is 0 Å². The smallest absolute Gasteiger partial charge is 0.344 e. The molecule has 7 rings (SSSR count). The van der Waals surface area contributed by atoms with E-state index < -0.39 is 0 Å². The minimum atomic E-state index is -0.348. The van der Waals surface area contributed by atoms with E-state index in [9.17, 15) is 4.79 Å². The Morgan fingerprint density at radius 2 is 0.923 bits per heavy atom. The molecule has 0 aliphatic carbocycles. The average molecular weight is 504 g/mol. The summed E-state index contributed by atoms with van der Waals surface area (Å²) in [6, 6.07) is 41.3. The maximum Gasteiger partial charge on any atom is 0.344 e. The molecule has 39 heavy (non-hydrogen) atoms. The summed E-state index contributed by atoms with van der Waals surface area (Å²) in [5, 5.41) is 2.34. The van der Waals surface area contributed by atoms with Gasteiger partial charge in [-0.25, -0.2) is 19.7 Å². The van der Waals surface area contributed by atoms with E-state index in [4.69, 9.17) is 19.4 Å². The lowest BCUT2D eigenvalue weighted by Gasteiger charge is -2.11. The van der Waals surface area contributed by atoms with Crippen molar-refractivity contribution < 1.29 is 4.42 Å². The van der Waals surface area contributed by atoms with Crippen LogP contribution in [-0.2, 0) is 0 Å². The normalized spacial score (nSPS) is 11.2. The van der Waals surface area contributed by atoms with Crippen LogP contribution in [0.1, 0.15) is 0 Å². The van der Waals surface area contributed by atoms with Crippen molar-refractivity contribution in [3.63, 3.8) is 0 Å². The van der Waals surface area contributed by atoms with E-state index >= 15 is 0 Å². The Morgan fingerprint density at radius 1 is 0.436 bits per heavy atom. The molecule has 0 unspecified atom stereocenters. The first kappa shape index (κ1) is 22.8. The molecule has 0 aliphatic heterocycles. The fraction of sp³-hybridized carbons (Fsp3) is 0. The molecule has 5 heteroatoms. The Balaban J connectivity index is 1.41. The molecule has 2 heterocycles. The number of para-hydroxylation sites is 1.